The second-order valence-corrected chi connectivity index (χ2v) is 1.97. The van der Waals surface area contributed by atoms with Crippen LogP contribution in [0.15, 0.2) is 0 Å². The highest BCUT2D eigenvalue weighted by molar-refractivity contribution is 5.45. The normalized spacial score (nSPS) is 3.67. The summed E-state index contributed by atoms with van der Waals surface area (Å²) in [5, 5.41) is 16.1. The standard InChI is InChI=1S/C16N2/c17-15-13-11-9-7-5-3-1-2-4-6-8-10-12-14-16-18. The molecular formula is C16N2. The minimum Gasteiger partial charge on any atom is -0.183 e. The van der Waals surface area contributed by atoms with E-state index in [9.17, 15) is 0 Å². The monoisotopic (exact) mass is 220 g/mol. The summed E-state index contributed by atoms with van der Waals surface area (Å²) in [6, 6.07) is 3.23. The second kappa shape index (κ2) is 12.9. The second-order valence-electron chi connectivity index (χ2n) is 1.97. The van der Waals surface area contributed by atoms with Gasteiger partial charge in [-0.2, -0.15) is 10.5 Å². The van der Waals surface area contributed by atoms with Crippen LogP contribution in [0.5, 0.6) is 0 Å². The zero-order valence-electron chi connectivity index (χ0n) is 8.89. The first kappa shape index (κ1) is 13.9. The zero-order valence-corrected chi connectivity index (χ0v) is 8.89. The van der Waals surface area contributed by atoms with Crippen LogP contribution in [0.1, 0.15) is 0 Å². The lowest BCUT2D eigenvalue weighted by Crippen LogP contribution is -1.55. The summed E-state index contributed by atoms with van der Waals surface area (Å²) in [5.74, 6) is 32.7. The Morgan fingerprint density at radius 3 is 0.611 bits per heavy atom. The van der Waals surface area contributed by atoms with Crippen LogP contribution in [0.3, 0.4) is 0 Å². The Bertz CT molecular complexity index is 753. The third kappa shape index (κ3) is 11.9. The van der Waals surface area contributed by atoms with E-state index in [1.807, 2.05) is 0 Å². The van der Waals surface area contributed by atoms with Crippen molar-refractivity contribution in [2.45, 2.75) is 0 Å². The summed E-state index contributed by atoms with van der Waals surface area (Å²) in [5.41, 5.74) is 0. The quantitative estimate of drug-likeness (QED) is 0.542. The van der Waals surface area contributed by atoms with Gasteiger partial charge in [-0.3, -0.25) is 0 Å². The van der Waals surface area contributed by atoms with Gasteiger partial charge in [-0.25, -0.2) is 0 Å². The average molecular weight is 220 g/mol. The highest BCUT2D eigenvalue weighted by atomic mass is 14.2. The van der Waals surface area contributed by atoms with Gasteiger partial charge < -0.3 is 0 Å². The minimum atomic E-state index is 1.61. The van der Waals surface area contributed by atoms with Crippen molar-refractivity contribution in [1.82, 2.24) is 0 Å². The van der Waals surface area contributed by atoms with E-state index in [1.54, 1.807) is 12.1 Å². The van der Waals surface area contributed by atoms with E-state index in [1.165, 1.54) is 0 Å². The van der Waals surface area contributed by atoms with Crippen LogP contribution in [-0.4, -0.2) is 0 Å². The molecule has 0 aromatic rings. The van der Waals surface area contributed by atoms with Crippen molar-refractivity contribution < 1.29 is 0 Å². The number of nitriles is 2. The molecule has 0 radical (unpaired) electrons. The molecular weight excluding hydrogens is 220 g/mol. The molecule has 2 nitrogen and oxygen atoms in total. The molecule has 0 spiro atoms. The minimum absolute atomic E-state index is 1.61. The number of nitrogens with zero attached hydrogens (tertiary/aromatic N) is 2. The maximum Gasteiger partial charge on any atom is 0.153 e. The molecule has 0 saturated heterocycles. The molecule has 0 saturated carbocycles. The van der Waals surface area contributed by atoms with Gasteiger partial charge in [0.15, 0.2) is 12.1 Å². The lowest BCUT2D eigenvalue weighted by Gasteiger charge is -1.55. The lowest BCUT2D eigenvalue weighted by atomic mass is 10.5. The summed E-state index contributed by atoms with van der Waals surface area (Å²) >= 11 is 0. The third-order valence-corrected chi connectivity index (χ3v) is 0.924. The first-order valence-corrected chi connectivity index (χ1v) is 4.20. The highest BCUT2D eigenvalue weighted by Crippen LogP contribution is 1.57. The van der Waals surface area contributed by atoms with Gasteiger partial charge in [0, 0.05) is 82.9 Å². The number of rotatable bonds is 0. The van der Waals surface area contributed by atoms with Crippen LogP contribution in [0.4, 0.5) is 0 Å². The van der Waals surface area contributed by atoms with E-state index >= 15 is 0 Å². The predicted octanol–water partition coefficient (Wildman–Crippen LogP) is 0.0574. The molecule has 0 aliphatic rings. The smallest absolute Gasteiger partial charge is 0.153 e. The van der Waals surface area contributed by atoms with Crippen LogP contribution in [0.25, 0.3) is 0 Å². The van der Waals surface area contributed by atoms with Gasteiger partial charge in [-0.15, -0.1) is 0 Å². The first-order valence-electron chi connectivity index (χ1n) is 4.20. The topological polar surface area (TPSA) is 47.6 Å². The van der Waals surface area contributed by atoms with Crippen molar-refractivity contribution in [3.8, 4) is 95.0 Å². The lowest BCUT2D eigenvalue weighted by molar-refractivity contribution is 1.55. The molecule has 74 valence electrons. The third-order valence-electron chi connectivity index (χ3n) is 0.924. The van der Waals surface area contributed by atoms with E-state index < -0.39 is 0 Å². The Labute approximate surface area is 106 Å². The van der Waals surface area contributed by atoms with Crippen molar-refractivity contribution >= 4 is 0 Å². The average Bonchev–Trinajstić information content (AvgIpc) is 2.39. The molecule has 18 heavy (non-hydrogen) atoms. The van der Waals surface area contributed by atoms with E-state index in [0.717, 1.165) is 0 Å². The maximum atomic E-state index is 8.06. The summed E-state index contributed by atoms with van der Waals surface area (Å²) < 4.78 is 0. The highest BCUT2D eigenvalue weighted by Gasteiger charge is 1.58. The van der Waals surface area contributed by atoms with Crippen LogP contribution in [0.2, 0.25) is 0 Å². The zero-order chi connectivity index (χ0) is 13.3. The van der Waals surface area contributed by atoms with E-state index in [0.29, 0.717) is 0 Å². The van der Waals surface area contributed by atoms with Gasteiger partial charge >= 0.3 is 0 Å². The molecule has 0 amide bonds. The van der Waals surface area contributed by atoms with E-state index in [4.69, 9.17) is 10.5 Å². The Kier molecular flexibility index (Phi) is 9.96. The number of hydrogen-bond donors (Lipinski definition) is 0. The maximum absolute atomic E-state index is 8.06. The molecule has 0 aliphatic heterocycles. The van der Waals surface area contributed by atoms with Gasteiger partial charge in [0.05, 0.1) is 0 Å². The molecule has 0 fully saturated rings. The Hall–Kier alpha value is -4.10. The van der Waals surface area contributed by atoms with Crippen LogP contribution < -0.4 is 0 Å². The van der Waals surface area contributed by atoms with Gasteiger partial charge in [-0.1, -0.05) is 0 Å². The van der Waals surface area contributed by atoms with Gasteiger partial charge in [0.1, 0.15) is 0 Å². The van der Waals surface area contributed by atoms with Crippen LogP contribution >= 0.6 is 0 Å². The largest absolute Gasteiger partial charge is 0.183 e. The molecule has 0 unspecified atom stereocenters. The number of hydrogen-bond acceptors (Lipinski definition) is 2. The Morgan fingerprint density at radius 2 is 0.444 bits per heavy atom. The molecule has 0 aromatic heterocycles. The molecule has 0 N–H and O–H groups in total. The van der Waals surface area contributed by atoms with E-state index in [2.05, 4.69) is 82.9 Å². The van der Waals surface area contributed by atoms with Crippen LogP contribution in [-0.2, 0) is 0 Å². The fraction of sp³-hybridized carbons (Fsp3) is 0. The van der Waals surface area contributed by atoms with Crippen molar-refractivity contribution in [2.24, 2.45) is 0 Å². The summed E-state index contributed by atoms with van der Waals surface area (Å²) in [4.78, 5) is 0. The first-order chi connectivity index (χ1) is 8.91. The summed E-state index contributed by atoms with van der Waals surface area (Å²) in [7, 11) is 0. The SMILES string of the molecule is N#CC#CC#CC#CC#CC#CC#CC#CC#N. The summed E-state index contributed by atoms with van der Waals surface area (Å²) in [6.45, 7) is 0. The van der Waals surface area contributed by atoms with Gasteiger partial charge in [-0.05, 0) is 0 Å². The van der Waals surface area contributed by atoms with Gasteiger partial charge in [0.25, 0.3) is 0 Å². The Balaban J connectivity index is 4.31. The molecule has 0 aromatic carbocycles. The molecule has 0 heterocycles. The van der Waals surface area contributed by atoms with Crippen molar-refractivity contribution in [3.05, 3.63) is 0 Å². The molecule has 0 rings (SSSR count). The van der Waals surface area contributed by atoms with Gasteiger partial charge in [0.2, 0.25) is 0 Å². The fourth-order valence-electron chi connectivity index (χ4n) is 0.431. The summed E-state index contributed by atoms with van der Waals surface area (Å²) in [6.07, 6.45) is 0. The Morgan fingerprint density at radius 1 is 0.278 bits per heavy atom. The molecule has 0 atom stereocenters. The molecule has 0 bridgehead atoms. The molecule has 0 aliphatic carbocycles. The van der Waals surface area contributed by atoms with E-state index in [-0.39, 0.29) is 0 Å². The van der Waals surface area contributed by atoms with Crippen molar-refractivity contribution in [1.29, 1.82) is 10.5 Å². The van der Waals surface area contributed by atoms with Crippen molar-refractivity contribution in [3.63, 3.8) is 0 Å². The van der Waals surface area contributed by atoms with Crippen molar-refractivity contribution in [2.75, 3.05) is 0 Å². The fourth-order valence-corrected chi connectivity index (χ4v) is 0.431. The molecule has 2 heteroatoms. The van der Waals surface area contributed by atoms with Crippen LogP contribution in [0, 0.1) is 106 Å². The predicted molar refractivity (Wildman–Crippen MR) is 65.7 cm³/mol.